The molecule has 202 valence electrons. The molecule has 2 N–H and O–H groups in total. The summed E-state index contributed by atoms with van der Waals surface area (Å²) in [4.78, 5) is 12.9. The van der Waals surface area contributed by atoms with E-state index in [1.807, 2.05) is 44.2 Å². The number of halogens is 1. The Bertz CT molecular complexity index is 1360. The number of sulfonamides is 1. The lowest BCUT2D eigenvalue weighted by Crippen LogP contribution is -2.48. The molecule has 0 aromatic heterocycles. The van der Waals surface area contributed by atoms with Gasteiger partial charge in [0.25, 0.3) is 5.91 Å². The smallest absolute Gasteiger partial charge is 0.258 e. The van der Waals surface area contributed by atoms with Gasteiger partial charge in [-0.25, -0.2) is 13.8 Å². The molecular weight excluding hydrogens is 570 g/mol. The van der Waals surface area contributed by atoms with Crippen molar-refractivity contribution in [3.05, 3.63) is 87.9 Å². The van der Waals surface area contributed by atoms with E-state index in [4.69, 9.17) is 9.47 Å². The minimum absolute atomic E-state index is 0.0907. The van der Waals surface area contributed by atoms with Gasteiger partial charge in [0.1, 0.15) is 12.6 Å². The van der Waals surface area contributed by atoms with Crippen LogP contribution < -0.4 is 19.6 Å². The fourth-order valence-corrected chi connectivity index (χ4v) is 5.40. The molecule has 0 spiro atoms. The Kier molecular flexibility index (Phi) is 10.5. The van der Waals surface area contributed by atoms with E-state index in [1.165, 1.54) is 18.3 Å². The van der Waals surface area contributed by atoms with Crippen molar-refractivity contribution in [3.8, 4) is 11.5 Å². The predicted octanol–water partition coefficient (Wildman–Crippen LogP) is 5.19. The quantitative estimate of drug-likeness (QED) is 0.219. The first kappa shape index (κ1) is 29.3. The molecule has 0 aliphatic heterocycles. The molecular formula is C28H32BrN3O5S. The van der Waals surface area contributed by atoms with Crippen LogP contribution in [-0.4, -0.2) is 33.2 Å². The zero-order valence-electron chi connectivity index (χ0n) is 21.8. The topological polar surface area (TPSA) is 106 Å². The van der Waals surface area contributed by atoms with Gasteiger partial charge in [-0.1, -0.05) is 61.9 Å². The number of nitrogens with one attached hydrogen (secondary N) is 2. The molecule has 0 aliphatic carbocycles. The summed E-state index contributed by atoms with van der Waals surface area (Å²) in [6.07, 6.45) is 1.46. The fraction of sp³-hybridized carbons (Fsp3) is 0.286. The highest BCUT2D eigenvalue weighted by atomic mass is 79.9. The number of ether oxygens (including phenoxy) is 2. The molecule has 0 saturated heterocycles. The molecule has 3 rings (SSSR count). The zero-order valence-corrected chi connectivity index (χ0v) is 24.2. The van der Waals surface area contributed by atoms with Gasteiger partial charge in [0.2, 0.25) is 10.0 Å². The third kappa shape index (κ3) is 8.14. The zero-order chi connectivity index (χ0) is 27.7. The van der Waals surface area contributed by atoms with Crippen molar-refractivity contribution < 1.29 is 22.7 Å². The SMILES string of the molecule is CCOc1cc(/C=N\NC(=O)[C@@H](NS(=O)(=O)c2ccc(C)cc2)C(C)C)cc(Br)c1OCc1ccccc1. The number of aryl methyl sites for hydroxylation is 1. The fourth-order valence-electron chi connectivity index (χ4n) is 3.48. The molecule has 0 saturated carbocycles. The van der Waals surface area contributed by atoms with Crippen LogP contribution in [0.3, 0.4) is 0 Å². The number of benzene rings is 3. The minimum atomic E-state index is -3.89. The van der Waals surface area contributed by atoms with E-state index in [-0.39, 0.29) is 10.8 Å². The third-order valence-electron chi connectivity index (χ3n) is 5.51. The van der Waals surface area contributed by atoms with Crippen molar-refractivity contribution in [2.24, 2.45) is 11.0 Å². The molecule has 1 amide bonds. The van der Waals surface area contributed by atoms with Gasteiger partial charge in [0.15, 0.2) is 11.5 Å². The Hall–Kier alpha value is -3.21. The lowest BCUT2D eigenvalue weighted by Gasteiger charge is -2.20. The first-order valence-electron chi connectivity index (χ1n) is 12.2. The largest absolute Gasteiger partial charge is 0.490 e. The highest BCUT2D eigenvalue weighted by Gasteiger charge is 2.28. The van der Waals surface area contributed by atoms with Crippen molar-refractivity contribution in [1.29, 1.82) is 0 Å². The van der Waals surface area contributed by atoms with Gasteiger partial charge in [0, 0.05) is 0 Å². The van der Waals surface area contributed by atoms with Crippen LogP contribution in [0.5, 0.6) is 11.5 Å². The van der Waals surface area contributed by atoms with Gasteiger partial charge in [-0.05, 0) is 71.1 Å². The molecule has 0 aliphatic rings. The van der Waals surface area contributed by atoms with Crippen LogP contribution in [-0.2, 0) is 21.4 Å². The molecule has 0 radical (unpaired) electrons. The number of hydrogen-bond acceptors (Lipinski definition) is 6. The second kappa shape index (κ2) is 13.5. The second-order valence-electron chi connectivity index (χ2n) is 8.93. The molecule has 1 atom stereocenters. The van der Waals surface area contributed by atoms with E-state index in [0.29, 0.717) is 34.7 Å². The van der Waals surface area contributed by atoms with Gasteiger partial charge in [-0.15, -0.1) is 0 Å². The van der Waals surface area contributed by atoms with Crippen LogP contribution in [0, 0.1) is 12.8 Å². The number of carbonyl (C=O) groups is 1. The molecule has 0 bridgehead atoms. The summed E-state index contributed by atoms with van der Waals surface area (Å²) in [5.41, 5.74) is 5.05. The number of amides is 1. The summed E-state index contributed by atoms with van der Waals surface area (Å²) in [7, 11) is -3.89. The van der Waals surface area contributed by atoms with E-state index in [1.54, 1.807) is 38.1 Å². The van der Waals surface area contributed by atoms with Crippen LogP contribution in [0.25, 0.3) is 0 Å². The van der Waals surface area contributed by atoms with Crippen LogP contribution in [0.2, 0.25) is 0 Å². The second-order valence-corrected chi connectivity index (χ2v) is 11.5. The number of nitrogens with zero attached hydrogens (tertiary/aromatic N) is 1. The Balaban J connectivity index is 1.71. The van der Waals surface area contributed by atoms with Crippen molar-refractivity contribution in [2.75, 3.05) is 6.61 Å². The minimum Gasteiger partial charge on any atom is -0.490 e. The summed E-state index contributed by atoms with van der Waals surface area (Å²) in [6.45, 7) is 8.06. The van der Waals surface area contributed by atoms with Gasteiger partial charge in [-0.3, -0.25) is 4.79 Å². The Morgan fingerprint density at radius 2 is 1.74 bits per heavy atom. The van der Waals surface area contributed by atoms with Crippen LogP contribution in [0.15, 0.2) is 81.2 Å². The number of rotatable bonds is 12. The summed E-state index contributed by atoms with van der Waals surface area (Å²) in [6, 6.07) is 18.7. The van der Waals surface area contributed by atoms with E-state index in [2.05, 4.69) is 31.2 Å². The first-order valence-corrected chi connectivity index (χ1v) is 14.4. The molecule has 0 fully saturated rings. The predicted molar refractivity (Wildman–Crippen MR) is 152 cm³/mol. The van der Waals surface area contributed by atoms with Crippen molar-refractivity contribution >= 4 is 38.1 Å². The monoisotopic (exact) mass is 601 g/mol. The van der Waals surface area contributed by atoms with E-state index < -0.39 is 22.0 Å². The van der Waals surface area contributed by atoms with Gasteiger partial charge < -0.3 is 9.47 Å². The summed E-state index contributed by atoms with van der Waals surface area (Å²) < 4.78 is 40.5. The first-order chi connectivity index (χ1) is 18.1. The molecule has 0 unspecified atom stereocenters. The Labute approximate surface area is 232 Å². The maximum Gasteiger partial charge on any atom is 0.258 e. The standard InChI is InChI=1S/C28H32BrN3O5S/c1-5-36-25-16-22(15-24(29)27(25)37-18-21-9-7-6-8-10-21)17-30-31-28(33)26(19(2)3)32-38(34,35)23-13-11-20(4)12-14-23/h6-17,19,26,32H,5,18H2,1-4H3,(H,31,33)/b30-17-/t26-/m0/s1. The van der Waals surface area contributed by atoms with Gasteiger partial charge in [0.05, 0.1) is 22.2 Å². The lowest BCUT2D eigenvalue weighted by molar-refractivity contribution is -0.123. The van der Waals surface area contributed by atoms with Crippen LogP contribution in [0.4, 0.5) is 0 Å². The summed E-state index contributed by atoms with van der Waals surface area (Å²) in [5.74, 6) is 0.197. The normalized spacial score (nSPS) is 12.5. The number of hydrogen-bond donors (Lipinski definition) is 2. The highest BCUT2D eigenvalue weighted by molar-refractivity contribution is 9.10. The summed E-state index contributed by atoms with van der Waals surface area (Å²) >= 11 is 3.53. The van der Waals surface area contributed by atoms with Crippen LogP contribution in [0.1, 0.15) is 37.5 Å². The third-order valence-corrected chi connectivity index (χ3v) is 7.55. The van der Waals surface area contributed by atoms with Crippen molar-refractivity contribution in [1.82, 2.24) is 10.1 Å². The van der Waals surface area contributed by atoms with Gasteiger partial charge in [-0.2, -0.15) is 9.82 Å². The van der Waals surface area contributed by atoms with E-state index in [0.717, 1.165) is 11.1 Å². The maximum absolute atomic E-state index is 12.8. The molecule has 10 heteroatoms. The molecule has 38 heavy (non-hydrogen) atoms. The highest BCUT2D eigenvalue weighted by Crippen LogP contribution is 2.37. The van der Waals surface area contributed by atoms with Gasteiger partial charge >= 0.3 is 0 Å². The van der Waals surface area contributed by atoms with Crippen molar-refractivity contribution in [3.63, 3.8) is 0 Å². The number of hydrazone groups is 1. The summed E-state index contributed by atoms with van der Waals surface area (Å²) in [5, 5.41) is 4.05. The average molecular weight is 603 g/mol. The average Bonchev–Trinajstić information content (AvgIpc) is 2.87. The number of carbonyl (C=O) groups excluding carboxylic acids is 1. The van der Waals surface area contributed by atoms with E-state index in [9.17, 15) is 13.2 Å². The lowest BCUT2D eigenvalue weighted by atomic mass is 10.1. The Morgan fingerprint density at radius 1 is 1.05 bits per heavy atom. The van der Waals surface area contributed by atoms with E-state index >= 15 is 0 Å². The Morgan fingerprint density at radius 3 is 2.37 bits per heavy atom. The molecule has 3 aromatic rings. The molecule has 0 heterocycles. The molecule has 8 nitrogen and oxygen atoms in total. The maximum atomic E-state index is 12.8. The van der Waals surface area contributed by atoms with Crippen LogP contribution >= 0.6 is 15.9 Å². The molecule has 3 aromatic carbocycles. The van der Waals surface area contributed by atoms with Crippen molar-refractivity contribution in [2.45, 2.75) is 45.2 Å².